The average molecular weight is 379 g/mol. The third-order valence-electron chi connectivity index (χ3n) is 5.19. The number of hydrogen-bond acceptors (Lipinski definition) is 3. The second-order valence-corrected chi connectivity index (χ2v) is 7.78. The van der Waals surface area contributed by atoms with Crippen molar-refractivity contribution in [3.63, 3.8) is 0 Å². The summed E-state index contributed by atoms with van der Waals surface area (Å²) < 4.78 is 10.9. The summed E-state index contributed by atoms with van der Waals surface area (Å²) in [6.07, 6.45) is 22.8. The molecule has 0 aliphatic heterocycles. The summed E-state index contributed by atoms with van der Waals surface area (Å²) in [6, 6.07) is 3.48. The summed E-state index contributed by atoms with van der Waals surface area (Å²) in [7, 11) is 0. The van der Waals surface area contributed by atoms with E-state index in [0.29, 0.717) is 12.4 Å². The summed E-state index contributed by atoms with van der Waals surface area (Å²) >= 11 is 0. The van der Waals surface area contributed by atoms with Crippen molar-refractivity contribution in [3.8, 4) is 0 Å². The molecule has 0 spiro atoms. The summed E-state index contributed by atoms with van der Waals surface area (Å²) in [5.41, 5.74) is 0. The number of unbranched alkanes of at least 4 members (excludes halogenated alkanes) is 15. The molecular weight excluding hydrogens is 336 g/mol. The van der Waals surface area contributed by atoms with Crippen molar-refractivity contribution >= 4 is 6.29 Å². The van der Waals surface area contributed by atoms with Gasteiger partial charge in [0, 0.05) is 6.61 Å². The van der Waals surface area contributed by atoms with Crippen LogP contribution in [0.25, 0.3) is 0 Å². The molecule has 3 heteroatoms. The Morgan fingerprint density at radius 3 is 1.67 bits per heavy atom. The Morgan fingerprint density at radius 2 is 1.22 bits per heavy atom. The van der Waals surface area contributed by atoms with Crippen molar-refractivity contribution in [2.45, 2.75) is 116 Å². The minimum atomic E-state index is 0.371. The van der Waals surface area contributed by atoms with E-state index < -0.39 is 0 Å². The van der Waals surface area contributed by atoms with E-state index in [2.05, 4.69) is 6.92 Å². The lowest BCUT2D eigenvalue weighted by Crippen LogP contribution is -1.94. The predicted molar refractivity (Wildman–Crippen MR) is 113 cm³/mol. The molecule has 0 saturated carbocycles. The van der Waals surface area contributed by atoms with Gasteiger partial charge in [0.2, 0.25) is 0 Å². The molecule has 0 radical (unpaired) electrons. The van der Waals surface area contributed by atoms with Gasteiger partial charge in [-0.15, -0.1) is 0 Å². The first-order valence-electron chi connectivity index (χ1n) is 11.5. The maximum absolute atomic E-state index is 10.5. The fourth-order valence-electron chi connectivity index (χ4n) is 3.46. The van der Waals surface area contributed by atoms with Crippen LogP contribution in [0, 0.1) is 0 Å². The first kappa shape index (κ1) is 23.9. The zero-order valence-electron chi connectivity index (χ0n) is 17.7. The van der Waals surface area contributed by atoms with Crippen LogP contribution in [-0.4, -0.2) is 12.9 Å². The molecule has 0 amide bonds. The van der Waals surface area contributed by atoms with Crippen LogP contribution in [0.2, 0.25) is 0 Å². The van der Waals surface area contributed by atoms with Crippen LogP contribution in [0.4, 0.5) is 0 Å². The highest BCUT2D eigenvalue weighted by Crippen LogP contribution is 2.14. The molecule has 0 aliphatic carbocycles. The maximum Gasteiger partial charge on any atom is 0.185 e. The molecule has 0 aromatic carbocycles. The van der Waals surface area contributed by atoms with E-state index in [1.165, 1.54) is 96.3 Å². The molecular formula is C24H42O3. The number of ether oxygens (including phenoxy) is 1. The van der Waals surface area contributed by atoms with Gasteiger partial charge in [-0.1, -0.05) is 103 Å². The molecule has 0 bridgehead atoms. The second-order valence-electron chi connectivity index (χ2n) is 7.78. The number of furan rings is 1. The molecule has 1 aromatic heterocycles. The van der Waals surface area contributed by atoms with Gasteiger partial charge in [0.1, 0.15) is 12.4 Å². The first-order valence-corrected chi connectivity index (χ1v) is 11.5. The lowest BCUT2D eigenvalue weighted by molar-refractivity contribution is 0.0986. The molecule has 3 nitrogen and oxygen atoms in total. The summed E-state index contributed by atoms with van der Waals surface area (Å²) in [6.45, 7) is 3.52. The van der Waals surface area contributed by atoms with Gasteiger partial charge in [-0.25, -0.2) is 0 Å². The molecule has 27 heavy (non-hydrogen) atoms. The Labute approximate surface area is 167 Å². The van der Waals surface area contributed by atoms with E-state index in [1.807, 2.05) is 0 Å². The van der Waals surface area contributed by atoms with E-state index >= 15 is 0 Å². The molecule has 0 atom stereocenters. The molecule has 1 heterocycles. The molecule has 0 unspecified atom stereocenters. The summed E-state index contributed by atoms with van der Waals surface area (Å²) in [4.78, 5) is 10.5. The van der Waals surface area contributed by atoms with Gasteiger partial charge in [-0.2, -0.15) is 0 Å². The Kier molecular flexibility index (Phi) is 16.2. The van der Waals surface area contributed by atoms with Gasteiger partial charge in [0.15, 0.2) is 12.0 Å². The smallest absolute Gasteiger partial charge is 0.185 e. The van der Waals surface area contributed by atoms with Crippen molar-refractivity contribution in [3.05, 3.63) is 23.7 Å². The van der Waals surface area contributed by atoms with E-state index in [-0.39, 0.29) is 0 Å². The van der Waals surface area contributed by atoms with Crippen LogP contribution < -0.4 is 0 Å². The zero-order valence-corrected chi connectivity index (χ0v) is 17.7. The molecule has 1 rings (SSSR count). The Balaban J connectivity index is 1.71. The molecule has 0 N–H and O–H groups in total. The van der Waals surface area contributed by atoms with Crippen LogP contribution in [-0.2, 0) is 11.3 Å². The lowest BCUT2D eigenvalue weighted by atomic mass is 10.0. The van der Waals surface area contributed by atoms with Crippen molar-refractivity contribution in [2.24, 2.45) is 0 Å². The molecule has 0 saturated heterocycles. The average Bonchev–Trinajstić information content (AvgIpc) is 3.15. The molecule has 0 fully saturated rings. The fraction of sp³-hybridized carbons (Fsp3) is 0.792. The molecule has 0 aliphatic rings. The summed E-state index contributed by atoms with van der Waals surface area (Å²) in [5.74, 6) is 1.10. The Bertz CT molecular complexity index is 439. The fourth-order valence-corrected chi connectivity index (χ4v) is 3.46. The molecule has 1 aromatic rings. The topological polar surface area (TPSA) is 39.4 Å². The van der Waals surface area contributed by atoms with Crippen molar-refractivity contribution in [2.75, 3.05) is 6.61 Å². The van der Waals surface area contributed by atoms with Gasteiger partial charge in [0.05, 0.1) is 0 Å². The van der Waals surface area contributed by atoms with Crippen LogP contribution in [0.5, 0.6) is 0 Å². The van der Waals surface area contributed by atoms with E-state index in [9.17, 15) is 4.79 Å². The van der Waals surface area contributed by atoms with Crippen LogP contribution in [0.15, 0.2) is 16.5 Å². The third kappa shape index (κ3) is 14.6. The first-order chi connectivity index (χ1) is 13.4. The van der Waals surface area contributed by atoms with E-state index in [0.717, 1.165) is 25.1 Å². The highest BCUT2D eigenvalue weighted by atomic mass is 16.5. The van der Waals surface area contributed by atoms with Gasteiger partial charge < -0.3 is 9.15 Å². The van der Waals surface area contributed by atoms with Gasteiger partial charge >= 0.3 is 0 Å². The van der Waals surface area contributed by atoms with Crippen molar-refractivity contribution in [1.82, 2.24) is 0 Å². The van der Waals surface area contributed by atoms with Gasteiger partial charge in [-0.05, 0) is 18.6 Å². The number of hydrogen-bond donors (Lipinski definition) is 0. The van der Waals surface area contributed by atoms with Gasteiger partial charge in [-0.3, -0.25) is 4.79 Å². The Hall–Kier alpha value is -1.09. The quantitative estimate of drug-likeness (QED) is 0.171. The second kappa shape index (κ2) is 18.3. The maximum atomic E-state index is 10.5. The van der Waals surface area contributed by atoms with E-state index in [4.69, 9.17) is 9.15 Å². The van der Waals surface area contributed by atoms with Crippen LogP contribution in [0.1, 0.15) is 126 Å². The number of carbonyl (C=O) groups is 1. The SMILES string of the molecule is CCCCCCCCCCCCCCCCCCOCc1ccc(C=O)o1. The summed E-state index contributed by atoms with van der Waals surface area (Å²) in [5, 5.41) is 0. The predicted octanol–water partition coefficient (Wildman–Crippen LogP) is 7.87. The number of carbonyl (C=O) groups excluding carboxylic acids is 1. The minimum absolute atomic E-state index is 0.371. The third-order valence-corrected chi connectivity index (χ3v) is 5.19. The highest BCUT2D eigenvalue weighted by molar-refractivity contribution is 5.70. The normalized spacial score (nSPS) is 11.1. The van der Waals surface area contributed by atoms with Crippen molar-refractivity contribution in [1.29, 1.82) is 0 Å². The number of rotatable bonds is 20. The standard InChI is InChI=1S/C24H42O3/c1-2-3-4-5-6-7-8-9-10-11-12-13-14-15-16-17-20-26-22-24-19-18-23(21-25)27-24/h18-19,21H,2-17,20,22H2,1H3. The van der Waals surface area contributed by atoms with Gasteiger partial charge in [0.25, 0.3) is 0 Å². The van der Waals surface area contributed by atoms with Crippen molar-refractivity contribution < 1.29 is 13.9 Å². The lowest BCUT2D eigenvalue weighted by Gasteiger charge is -2.04. The largest absolute Gasteiger partial charge is 0.456 e. The van der Waals surface area contributed by atoms with Crippen LogP contribution in [0.3, 0.4) is 0 Å². The number of aldehydes is 1. The van der Waals surface area contributed by atoms with E-state index in [1.54, 1.807) is 12.1 Å². The minimum Gasteiger partial charge on any atom is -0.456 e. The monoisotopic (exact) mass is 378 g/mol. The Morgan fingerprint density at radius 1 is 0.741 bits per heavy atom. The van der Waals surface area contributed by atoms with Crippen LogP contribution >= 0.6 is 0 Å². The molecule has 156 valence electrons. The highest BCUT2D eigenvalue weighted by Gasteiger charge is 2.00. The zero-order chi connectivity index (χ0) is 19.4.